The number of hydrogen-bond donors (Lipinski definition) is 0. The zero-order valence-corrected chi connectivity index (χ0v) is 29.8. The summed E-state index contributed by atoms with van der Waals surface area (Å²) in [6.07, 6.45) is 3.04. The average Bonchev–Trinajstić information content (AvgIpc) is 3.10. The highest BCUT2D eigenvalue weighted by molar-refractivity contribution is 9.10. The lowest BCUT2D eigenvalue weighted by Crippen LogP contribution is -2.50. The van der Waals surface area contributed by atoms with Gasteiger partial charge in [-0.25, -0.2) is 4.79 Å². The Balaban J connectivity index is 1.07. The van der Waals surface area contributed by atoms with E-state index < -0.39 is 5.60 Å². The molecule has 2 fully saturated rings. The van der Waals surface area contributed by atoms with Crippen LogP contribution in [0.5, 0.6) is 0 Å². The Kier molecular flexibility index (Phi) is 8.24. The predicted molar refractivity (Wildman–Crippen MR) is 201 cm³/mol. The molecular weight excluding hydrogens is 662 g/mol. The van der Waals surface area contributed by atoms with Gasteiger partial charge >= 0.3 is 6.09 Å². The monoisotopic (exact) mass is 705 g/mol. The molecule has 0 saturated carbocycles. The van der Waals surface area contributed by atoms with E-state index in [1.165, 1.54) is 64.9 Å². The summed E-state index contributed by atoms with van der Waals surface area (Å²) in [5, 5.41) is 7.88. The van der Waals surface area contributed by atoms with Crippen molar-refractivity contribution in [1.29, 1.82) is 0 Å². The zero-order valence-electron chi connectivity index (χ0n) is 28.2. The second-order valence-corrected chi connectivity index (χ2v) is 15.5. The fourth-order valence-corrected chi connectivity index (χ4v) is 8.85. The Morgan fingerprint density at radius 2 is 1.58 bits per heavy atom. The molecule has 1 unspecified atom stereocenters. The first-order chi connectivity index (χ1) is 23.2. The first kappa shape index (κ1) is 31.5. The van der Waals surface area contributed by atoms with Crippen molar-refractivity contribution in [2.45, 2.75) is 51.6 Å². The van der Waals surface area contributed by atoms with E-state index in [4.69, 9.17) is 9.47 Å². The molecule has 0 N–H and O–H groups in total. The highest BCUT2D eigenvalue weighted by Crippen LogP contribution is 2.45. The van der Waals surface area contributed by atoms with Gasteiger partial charge < -0.3 is 24.2 Å². The van der Waals surface area contributed by atoms with Gasteiger partial charge in [0.1, 0.15) is 5.60 Å². The third kappa shape index (κ3) is 5.90. The predicted octanol–water partition coefficient (Wildman–Crippen LogP) is 9.07. The molecule has 6 nitrogen and oxygen atoms in total. The van der Waals surface area contributed by atoms with Crippen LogP contribution in [0.1, 0.15) is 49.8 Å². The van der Waals surface area contributed by atoms with Gasteiger partial charge in [0.2, 0.25) is 0 Å². The molecule has 2 saturated heterocycles. The molecule has 8 rings (SSSR count). The molecule has 0 bridgehead atoms. The lowest BCUT2D eigenvalue weighted by molar-refractivity contribution is 0.0240. The number of halogens is 1. The molecule has 0 spiro atoms. The minimum absolute atomic E-state index is 0.222. The minimum atomic E-state index is -0.479. The molecule has 0 aromatic heterocycles. The first-order valence-corrected chi connectivity index (χ1v) is 18.3. The second kappa shape index (κ2) is 12.6. The lowest BCUT2D eigenvalue weighted by Gasteiger charge is -2.37. The van der Waals surface area contributed by atoms with Gasteiger partial charge in [0.25, 0.3) is 0 Å². The van der Waals surface area contributed by atoms with Crippen LogP contribution >= 0.6 is 15.9 Å². The number of ether oxygens (including phenoxy) is 2. The summed E-state index contributed by atoms with van der Waals surface area (Å²) >= 11 is 4.03. The molecule has 1 amide bonds. The highest BCUT2D eigenvalue weighted by atomic mass is 79.9. The molecule has 5 aromatic rings. The van der Waals surface area contributed by atoms with Gasteiger partial charge in [-0.1, -0.05) is 70.5 Å². The van der Waals surface area contributed by atoms with Crippen molar-refractivity contribution in [2.24, 2.45) is 0 Å². The molecule has 1 aliphatic carbocycles. The number of morpholine rings is 1. The first-order valence-electron chi connectivity index (χ1n) is 17.5. The number of hydrogen-bond acceptors (Lipinski definition) is 5. The number of fused-ring (bicyclic) bond motifs is 6. The maximum Gasteiger partial charge on any atom is 0.410 e. The van der Waals surface area contributed by atoms with E-state index in [-0.39, 0.29) is 6.09 Å². The molecule has 48 heavy (non-hydrogen) atoms. The third-order valence-electron chi connectivity index (χ3n) is 10.5. The summed E-state index contributed by atoms with van der Waals surface area (Å²) in [7, 11) is 0. The third-order valence-corrected chi connectivity index (χ3v) is 11.1. The maximum atomic E-state index is 12.6. The van der Waals surface area contributed by atoms with Gasteiger partial charge in [-0.15, -0.1) is 0 Å². The number of anilines is 2. The van der Waals surface area contributed by atoms with E-state index in [2.05, 4.69) is 98.5 Å². The van der Waals surface area contributed by atoms with Crippen LogP contribution < -0.4 is 9.80 Å². The summed E-state index contributed by atoms with van der Waals surface area (Å²) in [5.41, 5.74) is 6.59. The normalized spacial score (nSPS) is 18.8. The molecule has 5 aromatic carbocycles. The van der Waals surface area contributed by atoms with Crippen LogP contribution in [0.3, 0.4) is 0 Å². The zero-order chi connectivity index (χ0) is 33.0. The molecule has 248 valence electrons. The van der Waals surface area contributed by atoms with E-state index in [0.717, 1.165) is 58.7 Å². The Bertz CT molecular complexity index is 2020. The van der Waals surface area contributed by atoms with Crippen LogP contribution in [0.15, 0.2) is 77.3 Å². The van der Waals surface area contributed by atoms with E-state index in [1.54, 1.807) is 0 Å². The molecule has 2 aliphatic heterocycles. The number of aryl methyl sites for hydroxylation is 1. The molecule has 2 heterocycles. The Morgan fingerprint density at radius 3 is 2.38 bits per heavy atom. The number of amides is 1. The lowest BCUT2D eigenvalue weighted by atomic mass is 9.77. The maximum absolute atomic E-state index is 12.6. The van der Waals surface area contributed by atoms with Crippen LogP contribution in [0, 0.1) is 0 Å². The van der Waals surface area contributed by atoms with Gasteiger partial charge in [0.05, 0.1) is 13.2 Å². The largest absolute Gasteiger partial charge is 0.444 e. The number of carbonyl (C=O) groups is 1. The smallest absolute Gasteiger partial charge is 0.410 e. The topological polar surface area (TPSA) is 45.2 Å². The van der Waals surface area contributed by atoms with Crippen LogP contribution in [0.25, 0.3) is 32.3 Å². The number of benzene rings is 5. The molecule has 3 aliphatic rings. The van der Waals surface area contributed by atoms with Gasteiger partial charge in [-0.05, 0) is 108 Å². The van der Waals surface area contributed by atoms with Gasteiger partial charge in [-0.2, -0.15) is 0 Å². The van der Waals surface area contributed by atoms with Crippen molar-refractivity contribution in [3.8, 4) is 0 Å². The van der Waals surface area contributed by atoms with Crippen LogP contribution in [0.2, 0.25) is 0 Å². The van der Waals surface area contributed by atoms with Crippen molar-refractivity contribution in [1.82, 2.24) is 4.90 Å². The van der Waals surface area contributed by atoms with Crippen molar-refractivity contribution in [3.05, 3.63) is 94.0 Å². The molecule has 7 heteroatoms. The SMILES string of the molecule is CC(C)(C)OC(=O)N1CCN(c2ccc3c(c2)cc(Br)c2c4c(ccc23)CC(c2ccc3ccccc3c2N2CCOCC2)CC4)CC1. The van der Waals surface area contributed by atoms with Crippen LogP contribution in [0.4, 0.5) is 16.2 Å². The van der Waals surface area contributed by atoms with E-state index >= 15 is 0 Å². The summed E-state index contributed by atoms with van der Waals surface area (Å²) in [5.74, 6) is 0.481. The van der Waals surface area contributed by atoms with Crippen molar-refractivity contribution < 1.29 is 14.3 Å². The summed E-state index contributed by atoms with van der Waals surface area (Å²) in [4.78, 5) is 19.4. The summed E-state index contributed by atoms with van der Waals surface area (Å²) < 4.78 is 12.5. The van der Waals surface area contributed by atoms with Gasteiger partial charge in [0, 0.05) is 60.5 Å². The number of rotatable bonds is 3. The number of piperazine rings is 1. The summed E-state index contributed by atoms with van der Waals surface area (Å²) in [6.45, 7) is 12.1. The van der Waals surface area contributed by atoms with E-state index in [1.807, 2.05) is 25.7 Å². The Hall–Kier alpha value is -3.81. The quantitative estimate of drug-likeness (QED) is 0.175. The van der Waals surface area contributed by atoms with Gasteiger partial charge in [0.15, 0.2) is 0 Å². The number of nitrogens with zero attached hydrogens (tertiary/aromatic N) is 3. The number of carbonyl (C=O) groups excluding carboxylic acids is 1. The fourth-order valence-electron chi connectivity index (χ4n) is 8.15. The minimum Gasteiger partial charge on any atom is -0.444 e. The molecular formula is C41H44BrN3O3. The highest BCUT2D eigenvalue weighted by Gasteiger charge is 2.29. The summed E-state index contributed by atoms with van der Waals surface area (Å²) in [6, 6.07) is 27.5. The standard InChI is InChI=1S/C41H44BrN3O3/c1-41(2,3)48-40(46)45-18-16-43(17-19-45)31-11-15-32-30(25-31)26-37(42)38-33-12-9-29(24-28(33)10-14-36(32)38)35-13-8-27-6-4-5-7-34(27)39(35)44-20-22-47-23-21-44/h4-8,10-11,13-15,25-26,29H,9,12,16-24H2,1-3H3. The van der Waals surface area contributed by atoms with E-state index in [9.17, 15) is 4.79 Å². The van der Waals surface area contributed by atoms with Crippen molar-refractivity contribution in [2.75, 3.05) is 62.3 Å². The Morgan fingerprint density at radius 1 is 0.812 bits per heavy atom. The van der Waals surface area contributed by atoms with E-state index in [0.29, 0.717) is 19.0 Å². The fraction of sp³-hybridized carbons (Fsp3) is 0.390. The van der Waals surface area contributed by atoms with Gasteiger partial charge in [-0.3, -0.25) is 0 Å². The van der Waals surface area contributed by atoms with Crippen LogP contribution in [-0.4, -0.2) is 69.1 Å². The van der Waals surface area contributed by atoms with Crippen molar-refractivity contribution >= 4 is 65.7 Å². The molecule has 0 radical (unpaired) electrons. The Labute approximate surface area is 291 Å². The molecule has 1 atom stereocenters. The average molecular weight is 707 g/mol. The second-order valence-electron chi connectivity index (χ2n) is 14.6. The van der Waals surface area contributed by atoms with Crippen molar-refractivity contribution in [3.63, 3.8) is 0 Å². The van der Waals surface area contributed by atoms with Crippen LogP contribution in [-0.2, 0) is 22.3 Å².